The molecule has 0 aliphatic carbocycles. The van der Waals surface area contributed by atoms with Crippen LogP contribution in [0.1, 0.15) is 63.9 Å². The van der Waals surface area contributed by atoms with E-state index in [1.54, 1.807) is 14.0 Å². The number of benzene rings is 1. The van der Waals surface area contributed by atoms with Gasteiger partial charge in [0, 0.05) is 24.2 Å². The molecule has 1 rings (SSSR count). The zero-order chi connectivity index (χ0) is 16.2. The molecule has 0 saturated heterocycles. The molecule has 0 fully saturated rings. The minimum atomic E-state index is -0.0722. The van der Waals surface area contributed by atoms with E-state index in [1.807, 2.05) is 12.1 Å². The van der Waals surface area contributed by atoms with Crippen molar-refractivity contribution in [2.75, 3.05) is 25.1 Å². The summed E-state index contributed by atoms with van der Waals surface area (Å²) in [6.07, 6.45) is 1.06. The predicted octanol–water partition coefficient (Wildman–Crippen LogP) is 4.43. The van der Waals surface area contributed by atoms with Crippen molar-refractivity contribution < 1.29 is 9.53 Å². The van der Waals surface area contributed by atoms with E-state index < -0.39 is 0 Å². The van der Waals surface area contributed by atoms with Crippen LogP contribution in [-0.4, -0.2) is 26.0 Å². The lowest BCUT2D eigenvalue weighted by atomic mass is 9.84. The van der Waals surface area contributed by atoms with Gasteiger partial charge in [0.05, 0.1) is 12.8 Å². The maximum atomic E-state index is 11.9. The Labute approximate surface area is 129 Å². The van der Waals surface area contributed by atoms with E-state index in [1.165, 1.54) is 0 Å². The second kappa shape index (κ2) is 6.97. The summed E-state index contributed by atoms with van der Waals surface area (Å²) in [6, 6.07) is 3.94. The number of ether oxygens (including phenoxy) is 1. The maximum Gasteiger partial charge on any atom is 0.159 e. The molecule has 0 heterocycles. The van der Waals surface area contributed by atoms with Gasteiger partial charge in [0.2, 0.25) is 0 Å². The summed E-state index contributed by atoms with van der Waals surface area (Å²) >= 11 is 0. The predicted molar refractivity (Wildman–Crippen MR) is 89.9 cm³/mol. The Morgan fingerprint density at radius 1 is 1.24 bits per heavy atom. The fraction of sp³-hybridized carbons (Fsp3) is 0.611. The first-order chi connectivity index (χ1) is 9.76. The summed E-state index contributed by atoms with van der Waals surface area (Å²) in [5, 5.41) is 0. The van der Waals surface area contributed by atoms with Crippen LogP contribution < -0.4 is 9.64 Å². The zero-order valence-corrected chi connectivity index (χ0v) is 14.5. The average Bonchev–Trinajstić information content (AvgIpc) is 2.42. The van der Waals surface area contributed by atoms with Gasteiger partial charge in [-0.05, 0) is 37.8 Å². The van der Waals surface area contributed by atoms with Crippen LogP contribution in [0.5, 0.6) is 5.75 Å². The summed E-state index contributed by atoms with van der Waals surface area (Å²) in [5.41, 5.74) is 2.80. The molecule has 0 atom stereocenters. The molecule has 0 radical (unpaired) electrons. The van der Waals surface area contributed by atoms with Gasteiger partial charge in [0.15, 0.2) is 5.78 Å². The lowest BCUT2D eigenvalue weighted by molar-refractivity contribution is 0.101. The summed E-state index contributed by atoms with van der Waals surface area (Å²) < 4.78 is 5.71. The van der Waals surface area contributed by atoms with Gasteiger partial charge in [-0.15, -0.1) is 0 Å². The normalized spacial score (nSPS) is 11.4. The Morgan fingerprint density at radius 2 is 1.86 bits per heavy atom. The quantitative estimate of drug-likeness (QED) is 0.726. The van der Waals surface area contributed by atoms with Crippen molar-refractivity contribution in [2.24, 2.45) is 0 Å². The van der Waals surface area contributed by atoms with Gasteiger partial charge in [-0.25, -0.2) is 0 Å². The highest BCUT2D eigenvalue weighted by atomic mass is 16.5. The van der Waals surface area contributed by atoms with Crippen LogP contribution in [-0.2, 0) is 5.41 Å². The van der Waals surface area contributed by atoms with Gasteiger partial charge < -0.3 is 9.64 Å². The molecule has 21 heavy (non-hydrogen) atoms. The van der Waals surface area contributed by atoms with E-state index in [4.69, 9.17) is 4.74 Å². The van der Waals surface area contributed by atoms with Crippen molar-refractivity contribution in [3.8, 4) is 5.75 Å². The number of anilines is 1. The Kier molecular flexibility index (Phi) is 5.82. The van der Waals surface area contributed by atoms with Crippen molar-refractivity contribution in [1.29, 1.82) is 0 Å². The first-order valence-electron chi connectivity index (χ1n) is 7.74. The molecular weight excluding hydrogens is 262 g/mol. The number of carbonyl (C=O) groups excluding carboxylic acids is 1. The summed E-state index contributed by atoms with van der Waals surface area (Å²) in [5.74, 6) is 0.986. The van der Waals surface area contributed by atoms with E-state index in [0.717, 1.165) is 42.1 Å². The summed E-state index contributed by atoms with van der Waals surface area (Å²) in [7, 11) is 1.71. The molecule has 0 saturated carbocycles. The Bertz CT molecular complexity index is 501. The first-order valence-corrected chi connectivity index (χ1v) is 7.74. The van der Waals surface area contributed by atoms with Crippen LogP contribution in [0.15, 0.2) is 12.1 Å². The first kappa shape index (κ1) is 17.5. The van der Waals surface area contributed by atoms with Crippen LogP contribution in [0.3, 0.4) is 0 Å². The number of methoxy groups -OCH3 is 1. The highest BCUT2D eigenvalue weighted by Crippen LogP contribution is 2.40. The molecule has 0 amide bonds. The van der Waals surface area contributed by atoms with E-state index in [0.29, 0.717) is 0 Å². The fourth-order valence-corrected chi connectivity index (χ4v) is 2.54. The second-order valence-corrected chi connectivity index (χ2v) is 6.46. The average molecular weight is 291 g/mol. The van der Waals surface area contributed by atoms with Gasteiger partial charge in [0.1, 0.15) is 5.75 Å². The Morgan fingerprint density at radius 3 is 2.24 bits per heavy atom. The molecule has 1 aromatic carbocycles. The molecule has 3 heteroatoms. The van der Waals surface area contributed by atoms with Gasteiger partial charge >= 0.3 is 0 Å². The van der Waals surface area contributed by atoms with Crippen molar-refractivity contribution in [3.63, 3.8) is 0 Å². The minimum absolute atomic E-state index is 0.0722. The van der Waals surface area contributed by atoms with Crippen molar-refractivity contribution >= 4 is 11.5 Å². The zero-order valence-electron chi connectivity index (χ0n) is 14.5. The van der Waals surface area contributed by atoms with Gasteiger partial charge in [-0.1, -0.05) is 27.7 Å². The fourth-order valence-electron chi connectivity index (χ4n) is 2.54. The van der Waals surface area contributed by atoms with E-state index in [-0.39, 0.29) is 11.2 Å². The third-order valence-electron chi connectivity index (χ3n) is 3.70. The van der Waals surface area contributed by atoms with Crippen LogP contribution in [0.2, 0.25) is 0 Å². The summed E-state index contributed by atoms with van der Waals surface area (Å²) in [4.78, 5) is 14.2. The topological polar surface area (TPSA) is 29.5 Å². The SMILES string of the molecule is CCCN(CC)c1cc(C(C)=O)cc(C(C)(C)C)c1OC. The van der Waals surface area contributed by atoms with E-state index >= 15 is 0 Å². The van der Waals surface area contributed by atoms with Crippen molar-refractivity contribution in [2.45, 2.75) is 53.4 Å². The summed E-state index contributed by atoms with van der Waals surface area (Å²) in [6.45, 7) is 14.2. The molecule has 0 spiro atoms. The number of hydrogen-bond acceptors (Lipinski definition) is 3. The minimum Gasteiger partial charge on any atom is -0.494 e. The van der Waals surface area contributed by atoms with Crippen LogP contribution >= 0.6 is 0 Å². The molecule has 0 bridgehead atoms. The van der Waals surface area contributed by atoms with Gasteiger partial charge in [0.25, 0.3) is 0 Å². The Hall–Kier alpha value is -1.51. The van der Waals surface area contributed by atoms with E-state index in [2.05, 4.69) is 39.5 Å². The standard InChI is InChI=1S/C18H29NO2/c1-8-10-19(9-2)16-12-14(13(3)20)11-15(17(16)21-7)18(4,5)6/h11-12H,8-10H2,1-7H3. The van der Waals surface area contributed by atoms with Gasteiger partial charge in [-0.2, -0.15) is 0 Å². The molecule has 0 unspecified atom stereocenters. The molecular formula is C18H29NO2. The third kappa shape index (κ3) is 3.99. The molecule has 118 valence electrons. The smallest absolute Gasteiger partial charge is 0.159 e. The highest BCUT2D eigenvalue weighted by molar-refractivity contribution is 5.96. The number of carbonyl (C=O) groups is 1. The largest absolute Gasteiger partial charge is 0.494 e. The lowest BCUT2D eigenvalue weighted by Crippen LogP contribution is -2.26. The highest BCUT2D eigenvalue weighted by Gasteiger charge is 2.25. The van der Waals surface area contributed by atoms with Crippen LogP contribution in [0.4, 0.5) is 5.69 Å². The number of Topliss-reactive ketones (excluding diaryl/α,β-unsaturated/α-hetero) is 1. The van der Waals surface area contributed by atoms with Gasteiger partial charge in [-0.3, -0.25) is 4.79 Å². The Balaban J connectivity index is 3.59. The maximum absolute atomic E-state index is 11.9. The third-order valence-corrected chi connectivity index (χ3v) is 3.70. The van der Waals surface area contributed by atoms with Crippen LogP contribution in [0, 0.1) is 0 Å². The molecule has 3 nitrogen and oxygen atoms in total. The number of nitrogens with zero attached hydrogens (tertiary/aromatic N) is 1. The van der Waals surface area contributed by atoms with Crippen molar-refractivity contribution in [1.82, 2.24) is 0 Å². The lowest BCUT2D eigenvalue weighted by Gasteiger charge is -2.30. The van der Waals surface area contributed by atoms with Crippen molar-refractivity contribution in [3.05, 3.63) is 23.3 Å². The number of rotatable bonds is 6. The van der Waals surface area contributed by atoms with E-state index in [9.17, 15) is 4.79 Å². The monoisotopic (exact) mass is 291 g/mol. The molecule has 0 aliphatic rings. The van der Waals surface area contributed by atoms with Crippen LogP contribution in [0.25, 0.3) is 0 Å². The molecule has 0 aliphatic heterocycles. The molecule has 0 aromatic heterocycles. The molecule has 0 N–H and O–H groups in total. The number of hydrogen-bond donors (Lipinski definition) is 0. The second-order valence-electron chi connectivity index (χ2n) is 6.46. The molecule has 1 aromatic rings. The number of ketones is 1.